The average molecular weight is 399 g/mol. The lowest BCUT2D eigenvalue weighted by Crippen LogP contribution is -2.99. The van der Waals surface area contributed by atoms with Gasteiger partial charge in [-0.3, -0.25) is 4.79 Å². The number of hydrogen-bond donors (Lipinski definition) is 2. The lowest BCUT2D eigenvalue weighted by Gasteiger charge is -2.19. The maximum absolute atomic E-state index is 12.5. The molecule has 8 nitrogen and oxygen atoms in total. The van der Waals surface area contributed by atoms with E-state index in [0.717, 1.165) is 0 Å². The Labute approximate surface area is 167 Å². The number of esters is 1. The fraction of sp³-hybridized carbons (Fsp3) is 0.238. The van der Waals surface area contributed by atoms with Crippen LogP contribution in [-0.4, -0.2) is 29.2 Å². The van der Waals surface area contributed by atoms with Crippen molar-refractivity contribution in [3.8, 4) is 11.5 Å². The van der Waals surface area contributed by atoms with E-state index >= 15 is 0 Å². The molecule has 29 heavy (non-hydrogen) atoms. The molecular formula is C21H21NO7. The molecule has 1 heterocycles. The van der Waals surface area contributed by atoms with Gasteiger partial charge in [0.25, 0.3) is 0 Å². The Hall–Kier alpha value is -3.20. The molecule has 2 N–H and O–H groups in total. The van der Waals surface area contributed by atoms with Gasteiger partial charge in [0.2, 0.25) is 5.78 Å². The van der Waals surface area contributed by atoms with Gasteiger partial charge >= 0.3 is 5.97 Å². The van der Waals surface area contributed by atoms with Gasteiger partial charge in [0, 0.05) is 18.2 Å². The summed E-state index contributed by atoms with van der Waals surface area (Å²) in [5.41, 5.74) is 0.562. The predicted molar refractivity (Wildman–Crippen MR) is 103 cm³/mol. The second-order valence-electron chi connectivity index (χ2n) is 7.40. The van der Waals surface area contributed by atoms with E-state index in [2.05, 4.69) is 0 Å². The summed E-state index contributed by atoms with van der Waals surface area (Å²) in [7, 11) is 0. The van der Waals surface area contributed by atoms with Gasteiger partial charge in [-0.05, 0) is 56.7 Å². The number of benzene rings is 2. The molecule has 1 aliphatic rings. The Balaban J connectivity index is 1.69. The molecule has 0 amide bonds. The van der Waals surface area contributed by atoms with Crippen molar-refractivity contribution in [2.24, 2.45) is 0 Å². The molecule has 1 unspecified atom stereocenters. The maximum Gasteiger partial charge on any atom is 0.344 e. The van der Waals surface area contributed by atoms with Crippen molar-refractivity contribution in [3.63, 3.8) is 0 Å². The Morgan fingerprint density at radius 3 is 2.52 bits per heavy atom. The zero-order valence-corrected chi connectivity index (χ0v) is 16.2. The van der Waals surface area contributed by atoms with Crippen molar-refractivity contribution in [2.45, 2.75) is 26.4 Å². The van der Waals surface area contributed by atoms with Crippen molar-refractivity contribution in [1.82, 2.24) is 0 Å². The highest BCUT2D eigenvalue weighted by Crippen LogP contribution is 2.35. The molecule has 0 saturated heterocycles. The van der Waals surface area contributed by atoms with E-state index in [1.807, 2.05) is 0 Å². The molecule has 0 saturated carbocycles. The van der Waals surface area contributed by atoms with E-state index in [9.17, 15) is 14.8 Å². The summed E-state index contributed by atoms with van der Waals surface area (Å²) in [4.78, 5) is 24.3. The number of ether oxygens (including phenoxy) is 3. The molecule has 2 aromatic rings. The van der Waals surface area contributed by atoms with Crippen LogP contribution in [0.5, 0.6) is 11.5 Å². The monoisotopic (exact) mass is 399 g/mol. The number of allylic oxidation sites excluding steroid dienone is 1. The maximum atomic E-state index is 12.5. The van der Waals surface area contributed by atoms with Crippen LogP contribution in [0.15, 0.2) is 48.2 Å². The average Bonchev–Trinajstić information content (AvgIpc) is 2.94. The number of hydrogen-bond acceptors (Lipinski definition) is 7. The van der Waals surface area contributed by atoms with Crippen molar-refractivity contribution in [1.29, 1.82) is 0 Å². The van der Waals surface area contributed by atoms with Gasteiger partial charge in [-0.25, -0.2) is 10.0 Å². The number of carbonyl (C=O) groups excluding carboxylic acids is 2. The SMILES string of the molecule is CC(C)(C)OC(=O)COc1ccc2c(c1)OC(=Cc1ccc([NH+]([O-])O)cc1)C2=O. The molecule has 3 rings (SSSR count). The molecule has 2 aromatic carbocycles. The summed E-state index contributed by atoms with van der Waals surface area (Å²) in [5.74, 6) is 0.0216. The third-order valence-corrected chi connectivity index (χ3v) is 3.87. The van der Waals surface area contributed by atoms with Crippen molar-refractivity contribution in [2.75, 3.05) is 6.61 Å². The van der Waals surface area contributed by atoms with Crippen LogP contribution in [-0.2, 0) is 9.53 Å². The summed E-state index contributed by atoms with van der Waals surface area (Å²) in [5, 5.41) is 18.8. The smallest absolute Gasteiger partial charge is 0.344 e. The first kappa shape index (κ1) is 20.5. The van der Waals surface area contributed by atoms with Gasteiger partial charge < -0.3 is 19.4 Å². The van der Waals surface area contributed by atoms with Crippen LogP contribution in [0.25, 0.3) is 6.08 Å². The molecular weight excluding hydrogens is 378 g/mol. The van der Waals surface area contributed by atoms with Crippen LogP contribution in [0.4, 0.5) is 5.69 Å². The van der Waals surface area contributed by atoms with Gasteiger partial charge in [-0.1, -0.05) is 0 Å². The molecule has 1 aliphatic heterocycles. The first-order valence-corrected chi connectivity index (χ1v) is 8.89. The summed E-state index contributed by atoms with van der Waals surface area (Å²) in [6.45, 7) is 5.04. The van der Waals surface area contributed by atoms with Crippen LogP contribution >= 0.6 is 0 Å². The minimum Gasteiger partial charge on any atom is -0.595 e. The summed E-state index contributed by atoms with van der Waals surface area (Å²) < 4.78 is 16.2. The second kappa shape index (κ2) is 8.04. The number of nitrogens with one attached hydrogen (secondary N) is 1. The van der Waals surface area contributed by atoms with Crippen molar-refractivity contribution >= 4 is 23.5 Å². The molecule has 0 aliphatic carbocycles. The Morgan fingerprint density at radius 1 is 1.21 bits per heavy atom. The lowest BCUT2D eigenvalue weighted by molar-refractivity contribution is -0.991. The molecule has 0 aromatic heterocycles. The highest BCUT2D eigenvalue weighted by molar-refractivity contribution is 6.14. The number of Topliss-reactive ketones (excluding diaryl/α,β-unsaturated/α-hetero) is 1. The molecule has 0 fully saturated rings. The molecule has 1 atom stereocenters. The van der Waals surface area contributed by atoms with Gasteiger partial charge in [0.1, 0.15) is 17.1 Å². The van der Waals surface area contributed by atoms with E-state index < -0.39 is 16.8 Å². The highest BCUT2D eigenvalue weighted by atomic mass is 16.8. The third-order valence-electron chi connectivity index (χ3n) is 3.87. The van der Waals surface area contributed by atoms with Gasteiger partial charge in [-0.2, -0.15) is 5.23 Å². The molecule has 0 radical (unpaired) electrons. The largest absolute Gasteiger partial charge is 0.595 e. The van der Waals surface area contributed by atoms with E-state index in [4.69, 9.17) is 19.4 Å². The normalized spacial score (nSPS) is 15.6. The number of carbonyl (C=O) groups is 2. The molecule has 8 heteroatoms. The third kappa shape index (κ3) is 5.20. The molecule has 0 bridgehead atoms. The summed E-state index contributed by atoms with van der Waals surface area (Å²) in [6.07, 6.45) is 1.54. The van der Waals surface area contributed by atoms with Crippen molar-refractivity contribution in [3.05, 3.63) is 64.6 Å². The van der Waals surface area contributed by atoms with Crippen LogP contribution in [0.3, 0.4) is 0 Å². The van der Waals surface area contributed by atoms with E-state index in [0.29, 0.717) is 22.6 Å². The zero-order chi connectivity index (χ0) is 21.2. The standard InChI is InChI=1S/C21H21NO7/c1-21(2,3)29-19(23)12-27-15-8-9-16-17(11-15)28-18(20(16)24)10-13-4-6-14(7-5-13)22(25)26/h4-11,22,25H,12H2,1-3H3. The van der Waals surface area contributed by atoms with E-state index in [1.165, 1.54) is 24.3 Å². The minimum atomic E-state index is -1.02. The van der Waals surface area contributed by atoms with Gasteiger partial charge in [-0.15, -0.1) is 0 Å². The minimum absolute atomic E-state index is 0.118. The van der Waals surface area contributed by atoms with E-state index in [-0.39, 0.29) is 23.8 Å². The first-order valence-electron chi connectivity index (χ1n) is 8.89. The topological polar surface area (TPSA) is 110 Å². The van der Waals surface area contributed by atoms with Crippen LogP contribution in [0, 0.1) is 5.21 Å². The zero-order valence-electron chi connectivity index (χ0n) is 16.2. The van der Waals surface area contributed by atoms with Crippen molar-refractivity contribution < 1.29 is 34.2 Å². The number of fused-ring (bicyclic) bond motifs is 1. The van der Waals surface area contributed by atoms with Gasteiger partial charge in [0.15, 0.2) is 18.1 Å². The Kier molecular flexibility index (Phi) is 5.69. The fourth-order valence-electron chi connectivity index (χ4n) is 2.64. The number of rotatable bonds is 5. The van der Waals surface area contributed by atoms with E-state index in [1.54, 1.807) is 45.0 Å². The molecule has 0 spiro atoms. The van der Waals surface area contributed by atoms with Crippen LogP contribution < -0.4 is 14.7 Å². The predicted octanol–water partition coefficient (Wildman–Crippen LogP) is 2.43. The second-order valence-corrected chi connectivity index (χ2v) is 7.40. The molecule has 152 valence electrons. The quantitative estimate of drug-likeness (QED) is 0.451. The van der Waals surface area contributed by atoms with Crippen LogP contribution in [0.2, 0.25) is 0 Å². The highest BCUT2D eigenvalue weighted by Gasteiger charge is 2.28. The Morgan fingerprint density at radius 2 is 1.90 bits per heavy atom. The first-order chi connectivity index (χ1) is 13.6. The lowest BCUT2D eigenvalue weighted by atomic mass is 10.1. The van der Waals surface area contributed by atoms with Gasteiger partial charge in [0.05, 0.1) is 5.56 Å². The fourth-order valence-corrected chi connectivity index (χ4v) is 2.64. The summed E-state index contributed by atoms with van der Waals surface area (Å²) >= 11 is 0. The number of ketones is 1. The Bertz CT molecular complexity index is 956. The summed E-state index contributed by atoms with van der Waals surface area (Å²) in [6, 6.07) is 10.8. The van der Waals surface area contributed by atoms with Crippen LogP contribution in [0.1, 0.15) is 36.7 Å². The number of quaternary nitrogens is 1.